The van der Waals surface area contributed by atoms with Gasteiger partial charge < -0.3 is 9.80 Å². The summed E-state index contributed by atoms with van der Waals surface area (Å²) in [7, 11) is 0. The monoisotopic (exact) mass is 332 g/mol. The van der Waals surface area contributed by atoms with Crippen molar-refractivity contribution in [2.45, 2.75) is 6.92 Å². The van der Waals surface area contributed by atoms with Crippen molar-refractivity contribution >= 4 is 22.6 Å². The van der Waals surface area contributed by atoms with E-state index in [1.807, 2.05) is 60.4 Å². The molecule has 126 valence electrons. The number of hydrogen-bond donors (Lipinski definition) is 0. The maximum Gasteiger partial charge on any atom is 0.254 e. The maximum atomic E-state index is 13.0. The molecule has 1 saturated heterocycles. The molecule has 0 bridgehead atoms. The molecule has 25 heavy (non-hydrogen) atoms. The number of hydrogen-bond acceptors (Lipinski definition) is 4. The van der Waals surface area contributed by atoms with Crippen molar-refractivity contribution in [1.29, 1.82) is 0 Å². The SMILES string of the molecule is Cc1cccc(N2CCN(C(=O)c3ccnc4ccccc34)CC2)n1. The highest BCUT2D eigenvalue weighted by Crippen LogP contribution is 2.20. The fourth-order valence-electron chi connectivity index (χ4n) is 3.30. The van der Waals surface area contributed by atoms with Crippen molar-refractivity contribution < 1.29 is 4.79 Å². The number of carbonyl (C=O) groups is 1. The van der Waals surface area contributed by atoms with Crippen LogP contribution in [0.3, 0.4) is 0 Å². The lowest BCUT2D eigenvalue weighted by molar-refractivity contribution is 0.0748. The second kappa shape index (κ2) is 6.51. The van der Waals surface area contributed by atoms with Crippen LogP contribution in [0, 0.1) is 6.92 Å². The van der Waals surface area contributed by atoms with Gasteiger partial charge in [-0.25, -0.2) is 4.98 Å². The summed E-state index contributed by atoms with van der Waals surface area (Å²) >= 11 is 0. The van der Waals surface area contributed by atoms with Crippen LogP contribution in [0.2, 0.25) is 0 Å². The molecule has 0 atom stereocenters. The molecule has 0 unspecified atom stereocenters. The number of piperazine rings is 1. The van der Waals surface area contributed by atoms with Crippen LogP contribution in [-0.2, 0) is 0 Å². The molecule has 0 spiro atoms. The topological polar surface area (TPSA) is 49.3 Å². The summed E-state index contributed by atoms with van der Waals surface area (Å²) < 4.78 is 0. The number of rotatable bonds is 2. The average molecular weight is 332 g/mol. The summed E-state index contributed by atoms with van der Waals surface area (Å²) in [6, 6.07) is 15.7. The van der Waals surface area contributed by atoms with E-state index in [9.17, 15) is 4.79 Å². The summed E-state index contributed by atoms with van der Waals surface area (Å²) in [5.41, 5.74) is 2.60. The van der Waals surface area contributed by atoms with Crippen molar-refractivity contribution in [1.82, 2.24) is 14.9 Å². The molecule has 1 fully saturated rings. The molecule has 5 heteroatoms. The van der Waals surface area contributed by atoms with Gasteiger partial charge in [-0.05, 0) is 31.2 Å². The van der Waals surface area contributed by atoms with Gasteiger partial charge in [0, 0.05) is 43.5 Å². The van der Waals surface area contributed by atoms with Crippen LogP contribution in [0.25, 0.3) is 10.9 Å². The van der Waals surface area contributed by atoms with Crippen LogP contribution in [0.1, 0.15) is 16.1 Å². The van der Waals surface area contributed by atoms with Crippen LogP contribution >= 0.6 is 0 Å². The zero-order chi connectivity index (χ0) is 17.2. The Balaban J connectivity index is 1.51. The van der Waals surface area contributed by atoms with E-state index in [4.69, 9.17) is 0 Å². The Morgan fingerprint density at radius 3 is 2.56 bits per heavy atom. The van der Waals surface area contributed by atoms with Crippen molar-refractivity contribution in [2.75, 3.05) is 31.1 Å². The largest absolute Gasteiger partial charge is 0.353 e. The fourth-order valence-corrected chi connectivity index (χ4v) is 3.30. The number of para-hydroxylation sites is 1. The number of aryl methyl sites for hydroxylation is 1. The Morgan fingerprint density at radius 1 is 0.960 bits per heavy atom. The van der Waals surface area contributed by atoms with Crippen molar-refractivity contribution in [3.05, 3.63) is 66.0 Å². The first-order chi connectivity index (χ1) is 12.2. The van der Waals surface area contributed by atoms with Crippen molar-refractivity contribution in [3.8, 4) is 0 Å². The first-order valence-corrected chi connectivity index (χ1v) is 8.54. The highest BCUT2D eigenvalue weighted by molar-refractivity contribution is 6.06. The number of carbonyl (C=O) groups excluding carboxylic acids is 1. The second-order valence-electron chi connectivity index (χ2n) is 6.29. The molecule has 0 saturated carbocycles. The molecule has 1 amide bonds. The van der Waals surface area contributed by atoms with Gasteiger partial charge in [0.25, 0.3) is 5.91 Å². The number of aromatic nitrogens is 2. The number of fused-ring (bicyclic) bond motifs is 1. The molecule has 0 aliphatic carbocycles. The van der Waals surface area contributed by atoms with Gasteiger partial charge in [0.15, 0.2) is 0 Å². The molecular weight excluding hydrogens is 312 g/mol. The van der Waals surface area contributed by atoms with Gasteiger partial charge >= 0.3 is 0 Å². The third-order valence-corrected chi connectivity index (χ3v) is 4.64. The third-order valence-electron chi connectivity index (χ3n) is 4.64. The lowest BCUT2D eigenvalue weighted by Crippen LogP contribution is -2.49. The standard InChI is InChI=1S/C20H20N4O/c1-15-5-4-8-19(22-15)23-11-13-24(14-12-23)20(25)17-9-10-21-18-7-3-2-6-16(17)18/h2-10H,11-14H2,1H3. The van der Waals surface area contributed by atoms with Crippen molar-refractivity contribution in [2.24, 2.45) is 0 Å². The summed E-state index contributed by atoms with van der Waals surface area (Å²) in [5, 5.41) is 0.915. The predicted octanol–water partition coefficient (Wildman–Crippen LogP) is 2.90. The Morgan fingerprint density at radius 2 is 1.76 bits per heavy atom. The van der Waals surface area contributed by atoms with E-state index in [2.05, 4.69) is 14.9 Å². The molecule has 3 aromatic rings. The zero-order valence-corrected chi connectivity index (χ0v) is 14.2. The molecule has 1 aromatic carbocycles. The van der Waals surface area contributed by atoms with Gasteiger partial charge in [0.2, 0.25) is 0 Å². The normalized spacial score (nSPS) is 14.8. The van der Waals surface area contributed by atoms with Gasteiger partial charge in [0.1, 0.15) is 5.82 Å². The molecule has 5 nitrogen and oxygen atoms in total. The van der Waals surface area contributed by atoms with E-state index in [1.54, 1.807) is 6.20 Å². The van der Waals surface area contributed by atoms with Crippen LogP contribution in [0.4, 0.5) is 5.82 Å². The van der Waals surface area contributed by atoms with Crippen LogP contribution in [0.5, 0.6) is 0 Å². The number of pyridine rings is 2. The van der Waals surface area contributed by atoms with Gasteiger partial charge in [0.05, 0.1) is 11.1 Å². The summed E-state index contributed by atoms with van der Waals surface area (Å²) in [4.78, 5) is 26.1. The summed E-state index contributed by atoms with van der Waals surface area (Å²) in [6.07, 6.45) is 1.71. The Labute approximate surface area is 146 Å². The average Bonchev–Trinajstić information content (AvgIpc) is 2.67. The maximum absolute atomic E-state index is 13.0. The van der Waals surface area contributed by atoms with E-state index in [0.717, 1.165) is 41.1 Å². The quantitative estimate of drug-likeness (QED) is 0.724. The van der Waals surface area contributed by atoms with E-state index >= 15 is 0 Å². The van der Waals surface area contributed by atoms with Crippen LogP contribution < -0.4 is 4.90 Å². The van der Waals surface area contributed by atoms with Gasteiger partial charge in [-0.2, -0.15) is 0 Å². The van der Waals surface area contributed by atoms with Gasteiger partial charge in [-0.1, -0.05) is 24.3 Å². The molecule has 0 radical (unpaired) electrons. The zero-order valence-electron chi connectivity index (χ0n) is 14.2. The molecule has 1 aliphatic heterocycles. The van der Waals surface area contributed by atoms with Gasteiger partial charge in [-0.15, -0.1) is 0 Å². The smallest absolute Gasteiger partial charge is 0.254 e. The Bertz CT molecular complexity index is 911. The Kier molecular flexibility index (Phi) is 4.06. The minimum atomic E-state index is 0.0791. The fraction of sp³-hybridized carbons (Fsp3) is 0.250. The molecule has 3 heterocycles. The molecular formula is C20H20N4O. The van der Waals surface area contributed by atoms with Crippen LogP contribution in [-0.4, -0.2) is 47.0 Å². The number of anilines is 1. The van der Waals surface area contributed by atoms with Gasteiger partial charge in [-0.3, -0.25) is 9.78 Å². The van der Waals surface area contributed by atoms with Crippen molar-refractivity contribution in [3.63, 3.8) is 0 Å². The number of amides is 1. The number of benzene rings is 1. The third kappa shape index (κ3) is 3.05. The number of nitrogens with zero attached hydrogens (tertiary/aromatic N) is 4. The molecule has 4 rings (SSSR count). The van der Waals surface area contributed by atoms with E-state index in [-0.39, 0.29) is 5.91 Å². The van der Waals surface area contributed by atoms with E-state index in [1.165, 1.54) is 0 Å². The minimum absolute atomic E-state index is 0.0791. The highest BCUT2D eigenvalue weighted by Gasteiger charge is 2.24. The van der Waals surface area contributed by atoms with E-state index in [0.29, 0.717) is 13.1 Å². The summed E-state index contributed by atoms with van der Waals surface area (Å²) in [6.45, 7) is 4.99. The second-order valence-corrected chi connectivity index (χ2v) is 6.29. The lowest BCUT2D eigenvalue weighted by Gasteiger charge is -2.35. The Hall–Kier alpha value is -2.95. The lowest BCUT2D eigenvalue weighted by atomic mass is 10.1. The minimum Gasteiger partial charge on any atom is -0.353 e. The first-order valence-electron chi connectivity index (χ1n) is 8.54. The first kappa shape index (κ1) is 15.6. The van der Waals surface area contributed by atoms with Crippen LogP contribution in [0.15, 0.2) is 54.7 Å². The molecule has 1 aliphatic rings. The highest BCUT2D eigenvalue weighted by atomic mass is 16.2. The molecule has 0 N–H and O–H groups in total. The summed E-state index contributed by atoms with van der Waals surface area (Å²) in [5.74, 6) is 1.07. The van der Waals surface area contributed by atoms with E-state index < -0.39 is 0 Å². The predicted molar refractivity (Wildman–Crippen MR) is 98.8 cm³/mol. The molecule has 2 aromatic heterocycles.